The number of rotatable bonds is 1. The van der Waals surface area contributed by atoms with Gasteiger partial charge in [0.1, 0.15) is 5.52 Å². The van der Waals surface area contributed by atoms with Crippen LogP contribution < -0.4 is 5.32 Å². The van der Waals surface area contributed by atoms with Crippen molar-refractivity contribution < 1.29 is 4.79 Å². The fraction of sp³-hybridized carbons (Fsp3) is 0.176. The summed E-state index contributed by atoms with van der Waals surface area (Å²) < 4.78 is 1.25. The first kappa shape index (κ1) is 13.5. The maximum atomic E-state index is 12.5. The summed E-state index contributed by atoms with van der Waals surface area (Å²) in [6, 6.07) is 14.8. The minimum absolute atomic E-state index is 0.00340. The van der Waals surface area contributed by atoms with E-state index in [-0.39, 0.29) is 12.1 Å². The van der Waals surface area contributed by atoms with Crippen molar-refractivity contribution in [2.75, 3.05) is 0 Å². The van der Waals surface area contributed by atoms with E-state index in [0.29, 0.717) is 16.6 Å². The molecular weight excluding hydrogens is 290 g/mol. The zero-order valence-corrected chi connectivity index (χ0v) is 12.2. The molecule has 1 aliphatic carbocycles. The van der Waals surface area contributed by atoms with Crippen LogP contribution in [0.15, 0.2) is 42.5 Å². The number of aryl methyl sites for hydroxylation is 1. The van der Waals surface area contributed by atoms with Crippen molar-refractivity contribution in [3.63, 3.8) is 0 Å². The topological polar surface area (TPSA) is 83.6 Å². The highest BCUT2D eigenvalue weighted by atomic mass is 16.2. The molecule has 2 aromatic carbocycles. The monoisotopic (exact) mass is 303 g/mol. The summed E-state index contributed by atoms with van der Waals surface area (Å²) in [6.07, 6.45) is 1.85. The van der Waals surface area contributed by atoms with E-state index in [1.54, 1.807) is 18.2 Å². The van der Waals surface area contributed by atoms with Crippen LogP contribution in [0.5, 0.6) is 0 Å². The molecule has 3 aromatic rings. The Morgan fingerprint density at radius 3 is 3.04 bits per heavy atom. The van der Waals surface area contributed by atoms with E-state index >= 15 is 0 Å². The van der Waals surface area contributed by atoms with E-state index in [1.807, 2.05) is 24.3 Å². The molecule has 0 unspecified atom stereocenters. The zero-order chi connectivity index (χ0) is 15.8. The largest absolute Gasteiger partial charge is 0.344 e. The Bertz CT molecular complexity index is 953. The molecule has 6 heteroatoms. The number of carbonyl (C=O) groups is 1. The first-order valence-electron chi connectivity index (χ1n) is 7.40. The molecule has 1 amide bonds. The molecular formula is C17H13N5O. The number of hydrogen-bond donors (Lipinski definition) is 1. The summed E-state index contributed by atoms with van der Waals surface area (Å²) in [4.78, 5) is 12.5. The number of fused-ring (bicyclic) bond motifs is 2. The molecule has 1 aliphatic rings. The summed E-state index contributed by atoms with van der Waals surface area (Å²) in [5.74, 6) is 0. The summed E-state index contributed by atoms with van der Waals surface area (Å²) >= 11 is 0. The van der Waals surface area contributed by atoms with Crippen molar-refractivity contribution in [3.05, 3.63) is 59.2 Å². The lowest BCUT2D eigenvalue weighted by molar-refractivity contribution is 0.236. The van der Waals surface area contributed by atoms with E-state index in [2.05, 4.69) is 21.7 Å². The molecule has 112 valence electrons. The molecule has 23 heavy (non-hydrogen) atoms. The molecule has 0 saturated carbocycles. The van der Waals surface area contributed by atoms with E-state index in [9.17, 15) is 4.79 Å². The van der Waals surface area contributed by atoms with Gasteiger partial charge in [-0.3, -0.25) is 0 Å². The maximum Gasteiger partial charge on any atom is 0.344 e. The van der Waals surface area contributed by atoms with Crippen LogP contribution in [0.4, 0.5) is 4.79 Å². The molecule has 1 N–H and O–H groups in total. The Labute approximate surface area is 132 Å². The third kappa shape index (κ3) is 2.23. The van der Waals surface area contributed by atoms with Crippen LogP contribution >= 0.6 is 0 Å². The molecule has 0 bridgehead atoms. The second-order valence-corrected chi connectivity index (χ2v) is 5.56. The fourth-order valence-electron chi connectivity index (χ4n) is 3.06. The van der Waals surface area contributed by atoms with Crippen LogP contribution in [0.25, 0.3) is 11.0 Å². The predicted octanol–water partition coefficient (Wildman–Crippen LogP) is 2.55. The van der Waals surface area contributed by atoms with Crippen LogP contribution in [-0.2, 0) is 6.42 Å². The van der Waals surface area contributed by atoms with Gasteiger partial charge in [-0.1, -0.05) is 29.5 Å². The summed E-state index contributed by atoms with van der Waals surface area (Å²) in [5.41, 5.74) is 4.06. The quantitative estimate of drug-likeness (QED) is 0.748. The number of aromatic nitrogens is 3. The van der Waals surface area contributed by atoms with Gasteiger partial charge in [0.2, 0.25) is 0 Å². The van der Waals surface area contributed by atoms with Crippen LogP contribution in [0.2, 0.25) is 0 Å². The Balaban J connectivity index is 1.62. The molecule has 6 nitrogen and oxygen atoms in total. The lowest BCUT2D eigenvalue weighted by Crippen LogP contribution is -2.32. The molecule has 0 saturated heterocycles. The van der Waals surface area contributed by atoms with Crippen molar-refractivity contribution in [1.82, 2.24) is 20.3 Å². The molecule has 0 aliphatic heterocycles. The first-order valence-corrected chi connectivity index (χ1v) is 7.40. The van der Waals surface area contributed by atoms with Crippen LogP contribution in [0.3, 0.4) is 0 Å². The Hall–Kier alpha value is -3.20. The number of nitriles is 1. The van der Waals surface area contributed by atoms with Gasteiger partial charge in [-0.05, 0) is 42.2 Å². The van der Waals surface area contributed by atoms with E-state index < -0.39 is 0 Å². The third-order valence-corrected chi connectivity index (χ3v) is 4.20. The molecule has 0 radical (unpaired) electrons. The molecule has 4 rings (SSSR count). The van der Waals surface area contributed by atoms with Gasteiger partial charge < -0.3 is 5.32 Å². The Morgan fingerprint density at radius 2 is 2.17 bits per heavy atom. The molecule has 1 heterocycles. The molecule has 1 aromatic heterocycles. The zero-order valence-electron chi connectivity index (χ0n) is 12.2. The smallest absolute Gasteiger partial charge is 0.329 e. The van der Waals surface area contributed by atoms with Crippen LogP contribution in [0, 0.1) is 11.3 Å². The van der Waals surface area contributed by atoms with E-state index in [0.717, 1.165) is 18.4 Å². The number of nitrogens with zero attached hydrogens (tertiary/aromatic N) is 4. The normalized spacial score (nSPS) is 16.0. The van der Waals surface area contributed by atoms with Crippen molar-refractivity contribution in [2.45, 2.75) is 18.9 Å². The second kappa shape index (κ2) is 5.21. The number of hydrogen-bond acceptors (Lipinski definition) is 4. The first-order chi connectivity index (χ1) is 11.3. The minimum Gasteiger partial charge on any atom is -0.329 e. The van der Waals surface area contributed by atoms with Gasteiger partial charge in [0.05, 0.1) is 23.2 Å². The van der Waals surface area contributed by atoms with Crippen molar-refractivity contribution in [3.8, 4) is 6.07 Å². The van der Waals surface area contributed by atoms with Crippen LogP contribution in [0.1, 0.15) is 29.2 Å². The highest BCUT2D eigenvalue weighted by Gasteiger charge is 2.24. The van der Waals surface area contributed by atoms with Gasteiger partial charge >= 0.3 is 6.03 Å². The van der Waals surface area contributed by atoms with E-state index in [1.165, 1.54) is 10.2 Å². The van der Waals surface area contributed by atoms with Gasteiger partial charge in [-0.25, -0.2) is 4.79 Å². The standard InChI is InChI=1S/C17H13N5O/c18-10-11-5-8-16-15(9-11)20-21-22(16)17(23)19-14-7-6-12-3-1-2-4-13(12)14/h1-5,8-9,14H,6-7H2,(H,19,23)/t14-/m0/s1. The lowest BCUT2D eigenvalue weighted by Gasteiger charge is -2.13. The average Bonchev–Trinajstić information content (AvgIpc) is 3.18. The van der Waals surface area contributed by atoms with Gasteiger partial charge in [-0.2, -0.15) is 9.94 Å². The van der Waals surface area contributed by atoms with Crippen molar-refractivity contribution in [2.24, 2.45) is 0 Å². The predicted molar refractivity (Wildman–Crippen MR) is 83.7 cm³/mol. The Morgan fingerprint density at radius 1 is 1.30 bits per heavy atom. The molecule has 0 spiro atoms. The summed E-state index contributed by atoms with van der Waals surface area (Å²) in [7, 11) is 0. The van der Waals surface area contributed by atoms with Gasteiger partial charge in [-0.15, -0.1) is 5.10 Å². The van der Waals surface area contributed by atoms with Crippen molar-refractivity contribution >= 4 is 17.1 Å². The summed E-state index contributed by atoms with van der Waals surface area (Å²) in [5, 5.41) is 19.8. The SMILES string of the molecule is N#Cc1ccc2c(c1)nnn2C(=O)N[C@H]1CCc2ccccc21. The van der Waals surface area contributed by atoms with Gasteiger partial charge in [0, 0.05) is 0 Å². The number of benzene rings is 2. The highest BCUT2D eigenvalue weighted by Crippen LogP contribution is 2.30. The molecule has 1 atom stereocenters. The van der Waals surface area contributed by atoms with Gasteiger partial charge in [0.25, 0.3) is 0 Å². The minimum atomic E-state index is -0.307. The summed E-state index contributed by atoms with van der Waals surface area (Å²) in [6.45, 7) is 0. The van der Waals surface area contributed by atoms with E-state index in [4.69, 9.17) is 5.26 Å². The number of amides is 1. The highest BCUT2D eigenvalue weighted by molar-refractivity contribution is 5.88. The third-order valence-electron chi connectivity index (χ3n) is 4.20. The number of nitrogens with one attached hydrogen (secondary N) is 1. The number of carbonyl (C=O) groups excluding carboxylic acids is 1. The van der Waals surface area contributed by atoms with Crippen molar-refractivity contribution in [1.29, 1.82) is 5.26 Å². The Kier molecular flexibility index (Phi) is 3.05. The van der Waals surface area contributed by atoms with Crippen LogP contribution in [-0.4, -0.2) is 21.0 Å². The average molecular weight is 303 g/mol. The molecule has 0 fully saturated rings. The maximum absolute atomic E-state index is 12.5. The lowest BCUT2D eigenvalue weighted by atomic mass is 10.1. The fourth-order valence-corrected chi connectivity index (χ4v) is 3.06. The second-order valence-electron chi connectivity index (χ2n) is 5.56. The van der Waals surface area contributed by atoms with Gasteiger partial charge in [0.15, 0.2) is 0 Å².